The van der Waals surface area contributed by atoms with Crippen LogP contribution >= 0.6 is 11.6 Å². The number of halogens is 5. The van der Waals surface area contributed by atoms with Gasteiger partial charge in [0.05, 0.1) is 29.1 Å². The van der Waals surface area contributed by atoms with E-state index in [1.54, 1.807) is 6.07 Å². The number of benzene rings is 2. The van der Waals surface area contributed by atoms with Gasteiger partial charge in [-0.3, -0.25) is 28.5 Å². The number of hydrogen-bond acceptors (Lipinski definition) is 5. The van der Waals surface area contributed by atoms with E-state index in [1.807, 2.05) is 5.32 Å². The minimum absolute atomic E-state index is 0.00700. The van der Waals surface area contributed by atoms with Gasteiger partial charge >= 0.3 is 12.1 Å². The van der Waals surface area contributed by atoms with Gasteiger partial charge in [-0.15, -0.1) is 0 Å². The molecule has 44 heavy (non-hydrogen) atoms. The van der Waals surface area contributed by atoms with Crippen molar-refractivity contribution in [2.45, 2.75) is 18.6 Å². The fourth-order valence-electron chi connectivity index (χ4n) is 5.20. The van der Waals surface area contributed by atoms with Crippen LogP contribution in [0.2, 0.25) is 5.02 Å². The van der Waals surface area contributed by atoms with Gasteiger partial charge in [-0.2, -0.15) is 13.2 Å². The molecule has 0 spiro atoms. The van der Waals surface area contributed by atoms with Crippen LogP contribution in [0.25, 0.3) is 5.69 Å². The maximum absolute atomic E-state index is 15.0. The number of nitrogens with zero attached hydrogens (tertiary/aromatic N) is 2. The number of hydrogen-bond donors (Lipinski definition) is 3. The first kappa shape index (κ1) is 30.7. The van der Waals surface area contributed by atoms with Gasteiger partial charge in [-0.05, 0) is 48.9 Å². The van der Waals surface area contributed by atoms with E-state index in [2.05, 4.69) is 10.6 Å². The molecule has 4 amide bonds. The fraction of sp³-hybridized carbons (Fsp3) is 0.276. The van der Waals surface area contributed by atoms with E-state index in [4.69, 9.17) is 11.6 Å². The summed E-state index contributed by atoms with van der Waals surface area (Å²) in [5, 5.41) is 7.25. The van der Waals surface area contributed by atoms with Crippen LogP contribution in [0, 0.1) is 23.6 Å². The van der Waals surface area contributed by atoms with Crippen LogP contribution in [0.5, 0.6) is 0 Å². The zero-order valence-electron chi connectivity index (χ0n) is 22.6. The van der Waals surface area contributed by atoms with Crippen molar-refractivity contribution in [3.8, 4) is 5.69 Å². The van der Waals surface area contributed by atoms with E-state index in [0.29, 0.717) is 10.7 Å². The van der Waals surface area contributed by atoms with Crippen LogP contribution < -0.4 is 21.5 Å². The van der Waals surface area contributed by atoms with E-state index in [9.17, 15) is 37.1 Å². The number of alkyl halides is 3. The first-order valence-corrected chi connectivity index (χ1v) is 13.7. The molecule has 5 rings (SSSR count). The third kappa shape index (κ3) is 6.59. The highest BCUT2D eigenvalue weighted by atomic mass is 35.5. The number of anilines is 2. The Balaban J connectivity index is 1.32. The number of nitrogens with one attached hydrogen (secondary N) is 3. The van der Waals surface area contributed by atoms with Crippen LogP contribution in [-0.2, 0) is 19.2 Å². The van der Waals surface area contributed by atoms with Gasteiger partial charge in [0, 0.05) is 48.2 Å². The second-order valence-corrected chi connectivity index (χ2v) is 10.8. The lowest BCUT2D eigenvalue weighted by molar-refractivity contribution is -0.174. The normalized spacial score (nSPS) is 21.0. The Morgan fingerprint density at radius 2 is 1.57 bits per heavy atom. The van der Waals surface area contributed by atoms with Crippen molar-refractivity contribution in [1.29, 1.82) is 0 Å². The third-order valence-corrected chi connectivity index (χ3v) is 7.68. The molecule has 10 nitrogen and oxygen atoms in total. The molecule has 3 aromatic rings. The summed E-state index contributed by atoms with van der Waals surface area (Å²) in [4.78, 5) is 64.5. The zero-order valence-corrected chi connectivity index (χ0v) is 23.4. The third-order valence-electron chi connectivity index (χ3n) is 7.43. The summed E-state index contributed by atoms with van der Waals surface area (Å²) in [6.45, 7) is -0.251. The molecule has 2 fully saturated rings. The number of rotatable bonds is 7. The molecule has 0 radical (unpaired) electrons. The predicted molar refractivity (Wildman–Crippen MR) is 150 cm³/mol. The molecule has 2 aromatic carbocycles. The maximum Gasteiger partial charge on any atom is 0.471 e. The van der Waals surface area contributed by atoms with Gasteiger partial charge in [0.1, 0.15) is 5.82 Å². The smallest absolute Gasteiger partial charge is 0.344 e. The van der Waals surface area contributed by atoms with Gasteiger partial charge in [-0.25, -0.2) is 4.39 Å². The molecule has 1 saturated carbocycles. The van der Waals surface area contributed by atoms with E-state index in [-0.39, 0.29) is 30.9 Å². The zero-order chi connectivity index (χ0) is 31.8. The molecular formula is C29H24ClF4N5O5. The molecule has 4 atom stereocenters. The molecule has 1 saturated heterocycles. The van der Waals surface area contributed by atoms with Crippen molar-refractivity contribution >= 4 is 46.6 Å². The van der Waals surface area contributed by atoms with E-state index < -0.39 is 65.0 Å². The quantitative estimate of drug-likeness (QED) is 0.344. The summed E-state index contributed by atoms with van der Waals surface area (Å²) in [6, 6.07) is 13.2. The molecule has 1 aliphatic carbocycles. The fourth-order valence-corrected chi connectivity index (χ4v) is 5.32. The van der Waals surface area contributed by atoms with Crippen molar-refractivity contribution in [3.63, 3.8) is 0 Å². The molecule has 0 bridgehead atoms. The molecule has 3 N–H and O–H groups in total. The minimum Gasteiger partial charge on any atom is -0.344 e. The van der Waals surface area contributed by atoms with Crippen molar-refractivity contribution in [1.82, 2.24) is 14.8 Å². The first-order valence-electron chi connectivity index (χ1n) is 13.3. The van der Waals surface area contributed by atoms with Crippen molar-refractivity contribution in [2.24, 2.45) is 17.8 Å². The maximum atomic E-state index is 15.0. The van der Waals surface area contributed by atoms with Crippen molar-refractivity contribution < 1.29 is 36.7 Å². The van der Waals surface area contributed by atoms with Crippen LogP contribution in [0.3, 0.4) is 0 Å². The van der Waals surface area contributed by atoms with E-state index in [1.165, 1.54) is 64.2 Å². The van der Waals surface area contributed by atoms with Gasteiger partial charge in [0.25, 0.3) is 5.56 Å². The van der Waals surface area contributed by atoms with Gasteiger partial charge in [0.15, 0.2) is 0 Å². The predicted octanol–water partition coefficient (Wildman–Crippen LogP) is 3.35. The number of carbonyl (C=O) groups is 4. The van der Waals surface area contributed by atoms with Crippen LogP contribution in [0.4, 0.5) is 28.9 Å². The second-order valence-electron chi connectivity index (χ2n) is 10.4. The van der Waals surface area contributed by atoms with Crippen LogP contribution in [0.15, 0.2) is 71.7 Å². The number of amides is 4. The number of pyridine rings is 1. The van der Waals surface area contributed by atoms with E-state index >= 15 is 4.39 Å². The number of likely N-dealkylation sites (tertiary alicyclic amines) is 1. The summed E-state index contributed by atoms with van der Waals surface area (Å²) in [5.74, 6) is -8.77. The summed E-state index contributed by atoms with van der Waals surface area (Å²) in [6.07, 6.45) is -3.61. The minimum atomic E-state index is -5.09. The molecule has 230 valence electrons. The summed E-state index contributed by atoms with van der Waals surface area (Å²) < 4.78 is 54.2. The Labute approximate surface area is 252 Å². The van der Waals surface area contributed by atoms with E-state index in [0.717, 1.165) is 6.07 Å². The molecule has 15 heteroatoms. The van der Waals surface area contributed by atoms with Gasteiger partial charge < -0.3 is 20.9 Å². The second kappa shape index (κ2) is 12.1. The number of carbonyl (C=O) groups excluding carboxylic acids is 4. The highest BCUT2D eigenvalue weighted by molar-refractivity contribution is 6.30. The lowest BCUT2D eigenvalue weighted by Crippen LogP contribution is -2.45. The average molecular weight is 634 g/mol. The molecule has 2 heterocycles. The molecule has 2 aliphatic rings. The highest BCUT2D eigenvalue weighted by Crippen LogP contribution is 2.49. The molecule has 1 unspecified atom stereocenters. The average Bonchev–Trinajstić information content (AvgIpc) is 3.56. The topological polar surface area (TPSA) is 130 Å². The standard InChI is InChI=1S/C29H24ClF4N5O5/c30-15-4-6-16(7-5-15)35-25(41)22-23(24(22)27(43)38-12-10-17(14-38)36-28(44)29(32,33)34)26(42)37-20-9-8-18(13-19(20)31)39-11-2-1-3-21(39)40/h1-9,11,13,17,22-24H,10,12,14H2,(H,35,41)(H,36,44)(H,37,42)/t17?,22-,23+,24+/m1/s1. The Hall–Kier alpha value is -4.72. The molecular weight excluding hydrogens is 610 g/mol. The van der Waals surface area contributed by atoms with Crippen molar-refractivity contribution in [2.75, 3.05) is 23.7 Å². The highest BCUT2D eigenvalue weighted by Gasteiger charge is 2.64. The summed E-state index contributed by atoms with van der Waals surface area (Å²) in [5.41, 5.74) is -0.119. The lowest BCUT2D eigenvalue weighted by Gasteiger charge is -2.18. The van der Waals surface area contributed by atoms with Crippen molar-refractivity contribution in [3.05, 3.63) is 88.1 Å². The number of aromatic nitrogens is 1. The first-order chi connectivity index (χ1) is 20.8. The Morgan fingerprint density at radius 1 is 0.886 bits per heavy atom. The Morgan fingerprint density at radius 3 is 2.20 bits per heavy atom. The molecule has 1 aliphatic heterocycles. The SMILES string of the molecule is O=C(Nc1ccc(Cl)cc1)[C@@H]1[C@H](C(=O)Nc2ccc(-n3ccccc3=O)cc2F)[C@H]1C(=O)N1CCC(NC(=O)C(F)(F)F)C1. The Kier molecular flexibility index (Phi) is 8.46. The monoisotopic (exact) mass is 633 g/mol. The van der Waals surface area contributed by atoms with Crippen LogP contribution in [-0.4, -0.2) is 58.4 Å². The van der Waals surface area contributed by atoms with Gasteiger partial charge in [-0.1, -0.05) is 17.7 Å². The van der Waals surface area contributed by atoms with Crippen LogP contribution in [0.1, 0.15) is 6.42 Å². The largest absolute Gasteiger partial charge is 0.471 e. The summed E-state index contributed by atoms with van der Waals surface area (Å²) >= 11 is 5.88. The molecule has 1 aromatic heterocycles. The Bertz CT molecular complexity index is 1680. The summed E-state index contributed by atoms with van der Waals surface area (Å²) in [7, 11) is 0. The lowest BCUT2D eigenvalue weighted by atomic mass is 10.2. The van der Waals surface area contributed by atoms with Gasteiger partial charge in [0.2, 0.25) is 17.7 Å².